The first kappa shape index (κ1) is 12.2. The lowest BCUT2D eigenvalue weighted by atomic mass is 9.91. The molecule has 17 heavy (non-hydrogen) atoms. The summed E-state index contributed by atoms with van der Waals surface area (Å²) in [6.07, 6.45) is -1.67. The monoisotopic (exact) mass is 246 g/mol. The molecule has 0 amide bonds. The zero-order valence-corrected chi connectivity index (χ0v) is 9.13. The van der Waals surface area contributed by atoms with E-state index >= 15 is 0 Å². The number of piperidine rings is 1. The largest absolute Gasteiger partial charge is 0.478 e. The van der Waals surface area contributed by atoms with Crippen molar-refractivity contribution < 1.29 is 17.9 Å². The summed E-state index contributed by atoms with van der Waals surface area (Å²) < 4.78 is 44.5. The minimum atomic E-state index is -4.36. The van der Waals surface area contributed by atoms with Gasteiger partial charge in [-0.25, -0.2) is 0 Å². The maximum absolute atomic E-state index is 13.1. The van der Waals surface area contributed by atoms with Crippen molar-refractivity contribution in [3.63, 3.8) is 0 Å². The highest BCUT2D eigenvalue weighted by Crippen LogP contribution is 2.40. The molecule has 3 nitrogen and oxygen atoms in total. The van der Waals surface area contributed by atoms with Crippen LogP contribution in [0.4, 0.5) is 13.2 Å². The van der Waals surface area contributed by atoms with Gasteiger partial charge in [-0.1, -0.05) is 0 Å². The molecular formula is C11H13F3N2O. The van der Waals surface area contributed by atoms with Crippen molar-refractivity contribution in [3.8, 4) is 5.75 Å². The average molecular weight is 246 g/mol. The molecule has 1 aliphatic heterocycles. The molecule has 2 heterocycles. The number of hydrogen-bond donors (Lipinski definition) is 1. The fourth-order valence-corrected chi connectivity index (χ4v) is 1.91. The third-order valence-corrected chi connectivity index (χ3v) is 2.89. The number of nitrogens with one attached hydrogen (secondary N) is 1. The minimum Gasteiger partial charge on any atom is -0.478 e. The molecule has 0 aliphatic carbocycles. The molecule has 0 saturated carbocycles. The molecule has 6 heteroatoms. The molecule has 0 radical (unpaired) electrons. The predicted molar refractivity (Wildman–Crippen MR) is 55.8 cm³/mol. The fourth-order valence-electron chi connectivity index (χ4n) is 1.91. The molecular weight excluding hydrogens is 233 g/mol. The van der Waals surface area contributed by atoms with E-state index in [1.807, 2.05) is 0 Å². The van der Waals surface area contributed by atoms with Gasteiger partial charge in [0.2, 0.25) is 5.60 Å². The number of halogens is 3. The van der Waals surface area contributed by atoms with Gasteiger partial charge in [-0.3, -0.25) is 4.98 Å². The number of hydrogen-bond acceptors (Lipinski definition) is 3. The molecule has 0 spiro atoms. The van der Waals surface area contributed by atoms with E-state index in [0.717, 1.165) is 0 Å². The van der Waals surface area contributed by atoms with Gasteiger partial charge in [0.1, 0.15) is 5.75 Å². The summed E-state index contributed by atoms with van der Waals surface area (Å²) in [4.78, 5) is 3.75. The number of ether oxygens (including phenoxy) is 1. The van der Waals surface area contributed by atoms with Gasteiger partial charge in [0.15, 0.2) is 0 Å². The van der Waals surface area contributed by atoms with Crippen LogP contribution >= 0.6 is 0 Å². The normalized spacial score (nSPS) is 19.9. The quantitative estimate of drug-likeness (QED) is 0.868. The van der Waals surface area contributed by atoms with Crippen molar-refractivity contribution in [1.29, 1.82) is 0 Å². The lowest BCUT2D eigenvalue weighted by Crippen LogP contribution is -2.56. The second kappa shape index (κ2) is 4.52. The van der Waals surface area contributed by atoms with E-state index in [4.69, 9.17) is 4.74 Å². The van der Waals surface area contributed by atoms with Gasteiger partial charge in [-0.2, -0.15) is 13.2 Å². The summed E-state index contributed by atoms with van der Waals surface area (Å²) in [6, 6.07) is 2.88. The predicted octanol–water partition coefficient (Wildman–Crippen LogP) is 2.14. The van der Waals surface area contributed by atoms with Crippen molar-refractivity contribution in [2.24, 2.45) is 0 Å². The highest BCUT2D eigenvalue weighted by molar-refractivity contribution is 5.19. The fraction of sp³-hybridized carbons (Fsp3) is 0.545. The number of alkyl halides is 3. The Labute approximate surface area is 97.0 Å². The van der Waals surface area contributed by atoms with E-state index in [1.165, 1.54) is 24.5 Å². The second-order valence-corrected chi connectivity index (χ2v) is 4.03. The molecule has 1 aromatic rings. The first-order valence-electron chi connectivity index (χ1n) is 5.40. The molecule has 0 aromatic carbocycles. The lowest BCUT2D eigenvalue weighted by Gasteiger charge is -2.39. The van der Waals surface area contributed by atoms with E-state index in [2.05, 4.69) is 10.3 Å². The highest BCUT2D eigenvalue weighted by Gasteiger charge is 2.57. The smallest absolute Gasteiger partial charge is 0.428 e. The summed E-state index contributed by atoms with van der Waals surface area (Å²) in [5, 5.41) is 2.91. The van der Waals surface area contributed by atoms with Crippen LogP contribution < -0.4 is 10.1 Å². The Hall–Kier alpha value is -1.30. The van der Waals surface area contributed by atoms with E-state index < -0.39 is 11.8 Å². The summed E-state index contributed by atoms with van der Waals surface area (Å²) in [7, 11) is 0. The molecule has 0 bridgehead atoms. The number of pyridine rings is 1. The second-order valence-electron chi connectivity index (χ2n) is 4.03. The van der Waals surface area contributed by atoms with Crippen LogP contribution in [0, 0.1) is 0 Å². The van der Waals surface area contributed by atoms with Crippen LogP contribution in [-0.4, -0.2) is 29.9 Å². The molecule has 0 unspecified atom stereocenters. The Kier molecular flexibility index (Phi) is 3.24. The Morgan fingerprint density at radius 3 is 2.29 bits per heavy atom. The Morgan fingerprint density at radius 1 is 1.18 bits per heavy atom. The van der Waals surface area contributed by atoms with Crippen molar-refractivity contribution in [2.45, 2.75) is 24.6 Å². The van der Waals surface area contributed by atoms with Crippen LogP contribution in [0.25, 0.3) is 0 Å². The molecule has 1 aliphatic rings. The van der Waals surface area contributed by atoms with Gasteiger partial charge in [-0.15, -0.1) is 0 Å². The molecule has 94 valence electrons. The van der Waals surface area contributed by atoms with Gasteiger partial charge in [0.25, 0.3) is 0 Å². The molecule has 1 N–H and O–H groups in total. The van der Waals surface area contributed by atoms with E-state index in [-0.39, 0.29) is 18.6 Å². The number of rotatable bonds is 2. The highest BCUT2D eigenvalue weighted by atomic mass is 19.4. The topological polar surface area (TPSA) is 34.1 Å². The Bertz CT molecular complexity index is 361. The molecule has 1 fully saturated rings. The van der Waals surface area contributed by atoms with E-state index in [9.17, 15) is 13.2 Å². The maximum Gasteiger partial charge on any atom is 0.428 e. The Balaban J connectivity index is 2.22. The summed E-state index contributed by atoms with van der Waals surface area (Å²) >= 11 is 0. The summed E-state index contributed by atoms with van der Waals surface area (Å²) in [5.41, 5.74) is -2.07. The van der Waals surface area contributed by atoms with Crippen molar-refractivity contribution in [2.75, 3.05) is 13.1 Å². The average Bonchev–Trinajstić information content (AvgIpc) is 2.30. The first-order chi connectivity index (χ1) is 8.04. The summed E-state index contributed by atoms with van der Waals surface area (Å²) in [6.45, 7) is 0.620. The van der Waals surface area contributed by atoms with E-state index in [0.29, 0.717) is 13.1 Å². The third kappa shape index (κ3) is 2.52. The molecule has 2 rings (SSSR count). The maximum atomic E-state index is 13.1. The van der Waals surface area contributed by atoms with Crippen LogP contribution in [0.1, 0.15) is 12.8 Å². The standard InChI is InChI=1S/C11H13F3N2O/c12-11(13,14)10(3-7-16-8-4-10)17-9-1-5-15-6-2-9/h1-2,5-6,16H,3-4,7-8H2. The van der Waals surface area contributed by atoms with Crippen molar-refractivity contribution >= 4 is 0 Å². The Morgan fingerprint density at radius 2 is 1.76 bits per heavy atom. The summed E-state index contributed by atoms with van der Waals surface area (Å²) in [5.74, 6) is 0.208. The van der Waals surface area contributed by atoms with Crippen LogP contribution in [0.15, 0.2) is 24.5 Å². The lowest BCUT2D eigenvalue weighted by molar-refractivity contribution is -0.256. The zero-order chi connectivity index (χ0) is 12.4. The molecule has 0 atom stereocenters. The van der Waals surface area contributed by atoms with Crippen molar-refractivity contribution in [3.05, 3.63) is 24.5 Å². The van der Waals surface area contributed by atoms with Gasteiger partial charge < -0.3 is 10.1 Å². The van der Waals surface area contributed by atoms with Crippen LogP contribution in [0.5, 0.6) is 5.75 Å². The van der Waals surface area contributed by atoms with Crippen LogP contribution in [0.3, 0.4) is 0 Å². The van der Waals surface area contributed by atoms with Gasteiger partial charge >= 0.3 is 6.18 Å². The zero-order valence-electron chi connectivity index (χ0n) is 9.13. The minimum absolute atomic E-state index is 0.0706. The third-order valence-electron chi connectivity index (χ3n) is 2.89. The van der Waals surface area contributed by atoms with Gasteiger partial charge in [0, 0.05) is 25.2 Å². The van der Waals surface area contributed by atoms with Crippen LogP contribution in [0.2, 0.25) is 0 Å². The molecule has 1 saturated heterocycles. The molecule has 1 aromatic heterocycles. The van der Waals surface area contributed by atoms with Crippen molar-refractivity contribution in [1.82, 2.24) is 10.3 Å². The first-order valence-corrected chi connectivity index (χ1v) is 5.40. The number of aromatic nitrogens is 1. The van der Waals surface area contributed by atoms with Gasteiger partial charge in [0.05, 0.1) is 0 Å². The van der Waals surface area contributed by atoms with Gasteiger partial charge in [-0.05, 0) is 25.2 Å². The van der Waals surface area contributed by atoms with E-state index in [1.54, 1.807) is 0 Å². The number of nitrogens with zero attached hydrogens (tertiary/aromatic N) is 1. The SMILES string of the molecule is FC(F)(F)C1(Oc2ccncc2)CCNCC1. The van der Waals surface area contributed by atoms with Crippen LogP contribution in [-0.2, 0) is 0 Å².